The van der Waals surface area contributed by atoms with Gasteiger partial charge in [0.15, 0.2) is 0 Å². The van der Waals surface area contributed by atoms with E-state index in [-0.39, 0.29) is 12.4 Å². The Morgan fingerprint density at radius 1 is 0.680 bits per heavy atom. The van der Waals surface area contributed by atoms with Gasteiger partial charge in [-0.15, -0.1) is 12.4 Å². The van der Waals surface area contributed by atoms with Crippen molar-refractivity contribution in [3.63, 3.8) is 0 Å². The second kappa shape index (κ2) is 10.4. The molecule has 3 rings (SSSR count). The van der Waals surface area contributed by atoms with Gasteiger partial charge in [0.1, 0.15) is 0 Å². The summed E-state index contributed by atoms with van der Waals surface area (Å²) in [5, 5.41) is 9.03. The van der Waals surface area contributed by atoms with Gasteiger partial charge in [-0.2, -0.15) is 0 Å². The molecule has 2 aromatic carbocycles. The first-order valence-corrected chi connectivity index (χ1v) is 9.42. The lowest BCUT2D eigenvalue weighted by Gasteiger charge is -2.33. The van der Waals surface area contributed by atoms with Gasteiger partial charge in [0, 0.05) is 35.2 Å². The zero-order valence-corrected chi connectivity index (χ0v) is 16.5. The highest BCUT2D eigenvalue weighted by molar-refractivity contribution is 6.30. The van der Waals surface area contributed by atoms with Gasteiger partial charge >= 0.3 is 0 Å². The van der Waals surface area contributed by atoms with Crippen molar-refractivity contribution in [1.29, 1.82) is 0 Å². The van der Waals surface area contributed by atoms with Crippen LogP contribution < -0.4 is 10.6 Å². The van der Waals surface area contributed by atoms with E-state index in [1.165, 1.54) is 36.8 Å². The molecule has 0 heterocycles. The molecule has 2 aromatic rings. The molecule has 1 saturated carbocycles. The Morgan fingerprint density at radius 3 is 1.40 bits per heavy atom. The summed E-state index contributed by atoms with van der Waals surface area (Å²) in [5.74, 6) is 0. The molecule has 0 aliphatic heterocycles. The molecule has 1 aliphatic rings. The summed E-state index contributed by atoms with van der Waals surface area (Å²) < 4.78 is 0. The van der Waals surface area contributed by atoms with Gasteiger partial charge in [-0.1, -0.05) is 60.3 Å². The lowest BCUT2D eigenvalue weighted by atomic mass is 9.90. The summed E-state index contributed by atoms with van der Waals surface area (Å²) in [6.45, 7) is 1.78. The quantitative estimate of drug-likeness (QED) is 0.660. The summed E-state index contributed by atoms with van der Waals surface area (Å²) >= 11 is 11.9. The van der Waals surface area contributed by atoms with E-state index in [0.717, 1.165) is 23.1 Å². The van der Waals surface area contributed by atoms with Crippen molar-refractivity contribution in [2.75, 3.05) is 0 Å². The van der Waals surface area contributed by atoms with Crippen molar-refractivity contribution in [3.05, 3.63) is 69.7 Å². The Hall–Kier alpha value is -0.770. The lowest BCUT2D eigenvalue weighted by molar-refractivity contribution is 0.281. The van der Waals surface area contributed by atoms with Crippen molar-refractivity contribution < 1.29 is 0 Å². The largest absolute Gasteiger partial charge is 0.308 e. The molecular formula is C20H25Cl3N2. The average molecular weight is 400 g/mol. The molecule has 0 bridgehead atoms. The standard InChI is InChI=1S/C20H24Cl2N2.ClH/c21-17-9-5-15(6-10-17)13-23-19-3-1-2-4-20(19)24-14-16-7-11-18(22)12-8-16;/h5-12,19-20,23-24H,1-4,13-14H2;1H/t19-,20-;/m0./s1. The minimum Gasteiger partial charge on any atom is -0.308 e. The van der Waals surface area contributed by atoms with Crippen molar-refractivity contribution in [3.8, 4) is 0 Å². The third kappa shape index (κ3) is 6.47. The number of rotatable bonds is 6. The third-order valence-electron chi connectivity index (χ3n) is 4.73. The number of nitrogens with one attached hydrogen (secondary N) is 2. The van der Waals surface area contributed by atoms with Crippen LogP contribution >= 0.6 is 35.6 Å². The van der Waals surface area contributed by atoms with E-state index in [0.29, 0.717) is 12.1 Å². The lowest BCUT2D eigenvalue weighted by Crippen LogP contribution is -2.49. The third-order valence-corrected chi connectivity index (χ3v) is 5.23. The van der Waals surface area contributed by atoms with E-state index >= 15 is 0 Å². The van der Waals surface area contributed by atoms with Crippen LogP contribution in [0.5, 0.6) is 0 Å². The Kier molecular flexibility index (Phi) is 8.54. The summed E-state index contributed by atoms with van der Waals surface area (Å²) in [6, 6.07) is 17.2. The first-order chi connectivity index (χ1) is 11.7. The van der Waals surface area contributed by atoms with Gasteiger partial charge < -0.3 is 10.6 Å². The topological polar surface area (TPSA) is 24.1 Å². The fraction of sp³-hybridized carbons (Fsp3) is 0.400. The predicted molar refractivity (Wildman–Crippen MR) is 110 cm³/mol. The molecule has 136 valence electrons. The van der Waals surface area contributed by atoms with Crippen LogP contribution in [0.2, 0.25) is 10.0 Å². The average Bonchev–Trinajstić information content (AvgIpc) is 2.61. The maximum atomic E-state index is 5.95. The van der Waals surface area contributed by atoms with E-state index in [4.69, 9.17) is 23.2 Å². The molecule has 0 unspecified atom stereocenters. The van der Waals surface area contributed by atoms with Crippen LogP contribution in [0.1, 0.15) is 36.8 Å². The summed E-state index contributed by atoms with van der Waals surface area (Å²) in [4.78, 5) is 0. The maximum Gasteiger partial charge on any atom is 0.0406 e. The van der Waals surface area contributed by atoms with E-state index in [1.807, 2.05) is 24.3 Å². The van der Waals surface area contributed by atoms with Gasteiger partial charge in [-0.25, -0.2) is 0 Å². The van der Waals surface area contributed by atoms with Crippen LogP contribution in [0.25, 0.3) is 0 Å². The van der Waals surface area contributed by atoms with Gasteiger partial charge in [0.25, 0.3) is 0 Å². The number of hydrogen-bond donors (Lipinski definition) is 2. The van der Waals surface area contributed by atoms with Gasteiger partial charge in [0.2, 0.25) is 0 Å². The smallest absolute Gasteiger partial charge is 0.0406 e. The summed E-state index contributed by atoms with van der Waals surface area (Å²) in [5.41, 5.74) is 2.56. The molecule has 5 heteroatoms. The van der Waals surface area contributed by atoms with Crippen LogP contribution in [-0.4, -0.2) is 12.1 Å². The molecule has 0 spiro atoms. The summed E-state index contributed by atoms with van der Waals surface area (Å²) in [6.07, 6.45) is 5.06. The highest BCUT2D eigenvalue weighted by atomic mass is 35.5. The molecule has 0 saturated heterocycles. The monoisotopic (exact) mass is 398 g/mol. The Labute approximate surface area is 166 Å². The first-order valence-electron chi connectivity index (χ1n) is 8.66. The maximum absolute atomic E-state index is 5.95. The molecule has 1 aliphatic carbocycles. The number of hydrogen-bond acceptors (Lipinski definition) is 2. The molecule has 2 nitrogen and oxygen atoms in total. The Morgan fingerprint density at radius 2 is 1.04 bits per heavy atom. The number of benzene rings is 2. The van der Waals surface area contributed by atoms with Gasteiger partial charge in [-0.3, -0.25) is 0 Å². The Balaban J connectivity index is 0.00000225. The second-order valence-electron chi connectivity index (χ2n) is 6.51. The molecule has 0 radical (unpaired) electrons. The van der Waals surface area contributed by atoms with Crippen LogP contribution in [-0.2, 0) is 13.1 Å². The van der Waals surface area contributed by atoms with Crippen molar-refractivity contribution in [1.82, 2.24) is 10.6 Å². The van der Waals surface area contributed by atoms with Crippen molar-refractivity contribution in [2.45, 2.75) is 50.9 Å². The molecule has 2 N–H and O–H groups in total. The van der Waals surface area contributed by atoms with Crippen molar-refractivity contribution in [2.24, 2.45) is 0 Å². The zero-order chi connectivity index (χ0) is 16.8. The molecule has 0 aromatic heterocycles. The molecular weight excluding hydrogens is 375 g/mol. The fourth-order valence-electron chi connectivity index (χ4n) is 3.32. The predicted octanol–water partition coefficient (Wildman–Crippen LogP) is 5.61. The highest BCUT2D eigenvalue weighted by Crippen LogP contribution is 2.20. The minimum absolute atomic E-state index is 0. The van der Waals surface area contributed by atoms with E-state index < -0.39 is 0 Å². The van der Waals surface area contributed by atoms with Gasteiger partial charge in [0.05, 0.1) is 0 Å². The Bertz CT molecular complexity index is 571. The molecule has 1 fully saturated rings. The minimum atomic E-state index is 0. The SMILES string of the molecule is Cl.Clc1ccc(CN[C@H]2CCCC[C@@H]2NCc2ccc(Cl)cc2)cc1. The van der Waals surface area contributed by atoms with E-state index in [2.05, 4.69) is 34.9 Å². The van der Waals surface area contributed by atoms with E-state index in [1.54, 1.807) is 0 Å². The molecule has 25 heavy (non-hydrogen) atoms. The number of halogens is 3. The van der Waals surface area contributed by atoms with E-state index in [9.17, 15) is 0 Å². The highest BCUT2D eigenvalue weighted by Gasteiger charge is 2.24. The van der Waals surface area contributed by atoms with Crippen LogP contribution in [0.15, 0.2) is 48.5 Å². The molecule has 2 atom stereocenters. The fourth-order valence-corrected chi connectivity index (χ4v) is 3.57. The zero-order valence-electron chi connectivity index (χ0n) is 14.2. The first kappa shape index (κ1) is 20.5. The van der Waals surface area contributed by atoms with Gasteiger partial charge in [-0.05, 0) is 48.2 Å². The van der Waals surface area contributed by atoms with Crippen LogP contribution in [0, 0.1) is 0 Å². The second-order valence-corrected chi connectivity index (χ2v) is 7.39. The van der Waals surface area contributed by atoms with Crippen LogP contribution in [0.4, 0.5) is 0 Å². The summed E-state index contributed by atoms with van der Waals surface area (Å²) in [7, 11) is 0. The molecule has 0 amide bonds. The van der Waals surface area contributed by atoms with Crippen LogP contribution in [0.3, 0.4) is 0 Å². The normalized spacial score (nSPS) is 20.1. The van der Waals surface area contributed by atoms with Crippen molar-refractivity contribution >= 4 is 35.6 Å².